The van der Waals surface area contributed by atoms with Crippen LogP contribution in [0.3, 0.4) is 0 Å². The van der Waals surface area contributed by atoms with Crippen molar-refractivity contribution in [1.29, 1.82) is 0 Å². The molecule has 0 bridgehead atoms. The van der Waals surface area contributed by atoms with Crippen LogP contribution in [0.4, 0.5) is 0 Å². The number of ether oxygens (including phenoxy) is 2. The molecule has 1 aliphatic rings. The third-order valence-corrected chi connectivity index (χ3v) is 6.76. The molecule has 0 spiro atoms. The first-order valence-corrected chi connectivity index (χ1v) is 11.6. The number of nitrogens with zero attached hydrogens (tertiary/aromatic N) is 2. The molecule has 1 heterocycles. The van der Waals surface area contributed by atoms with Gasteiger partial charge in [0.1, 0.15) is 0 Å². The normalized spacial score (nSPS) is 17.0. The standard InChI is InChI=1S/C21H22N2O6S2/c1-28-12-6-11-23-20(25)19(14-15-9-10-17(24)18(13-15)29-2)30-21(23)22-31(26,27)16-7-4-3-5-8-16/h3-5,7-10,13-14,24H,6,11-12H2,1-2H3/b19-14-,22-21-. The number of amidine groups is 1. The molecular weight excluding hydrogens is 440 g/mol. The first kappa shape index (κ1) is 22.9. The molecule has 0 radical (unpaired) electrons. The summed E-state index contributed by atoms with van der Waals surface area (Å²) in [5.74, 6) is -0.107. The fraction of sp³-hybridized carbons (Fsp3) is 0.238. The van der Waals surface area contributed by atoms with E-state index in [9.17, 15) is 18.3 Å². The van der Waals surface area contributed by atoms with Crippen molar-refractivity contribution in [2.45, 2.75) is 11.3 Å². The van der Waals surface area contributed by atoms with E-state index in [1.807, 2.05) is 0 Å². The Morgan fingerprint density at radius 1 is 1.16 bits per heavy atom. The summed E-state index contributed by atoms with van der Waals surface area (Å²) in [6.45, 7) is 0.681. The van der Waals surface area contributed by atoms with Gasteiger partial charge in [0.15, 0.2) is 16.7 Å². The number of aromatic hydroxyl groups is 1. The zero-order valence-electron chi connectivity index (χ0n) is 17.0. The molecule has 31 heavy (non-hydrogen) atoms. The van der Waals surface area contributed by atoms with E-state index in [2.05, 4.69) is 4.40 Å². The van der Waals surface area contributed by atoms with Gasteiger partial charge in [0, 0.05) is 20.3 Å². The molecule has 164 valence electrons. The van der Waals surface area contributed by atoms with E-state index in [1.165, 1.54) is 30.2 Å². The smallest absolute Gasteiger partial charge is 0.284 e. The number of hydrogen-bond acceptors (Lipinski definition) is 7. The molecule has 2 aromatic carbocycles. The average Bonchev–Trinajstić information content (AvgIpc) is 3.04. The molecule has 1 N–H and O–H groups in total. The van der Waals surface area contributed by atoms with Crippen LogP contribution in [0.25, 0.3) is 6.08 Å². The second-order valence-electron chi connectivity index (χ2n) is 6.51. The fourth-order valence-electron chi connectivity index (χ4n) is 2.82. The highest BCUT2D eigenvalue weighted by atomic mass is 32.2. The Kier molecular flexibility index (Phi) is 7.37. The molecule has 10 heteroatoms. The molecule has 0 aromatic heterocycles. The van der Waals surface area contributed by atoms with Crippen LogP contribution in [-0.2, 0) is 19.6 Å². The van der Waals surface area contributed by atoms with E-state index in [4.69, 9.17) is 9.47 Å². The number of thioether (sulfide) groups is 1. The number of phenols is 1. The van der Waals surface area contributed by atoms with Crippen molar-refractivity contribution in [2.75, 3.05) is 27.4 Å². The van der Waals surface area contributed by atoms with E-state index in [0.29, 0.717) is 23.5 Å². The molecule has 8 nitrogen and oxygen atoms in total. The Hall–Kier alpha value is -2.82. The summed E-state index contributed by atoms with van der Waals surface area (Å²) >= 11 is 0.983. The summed E-state index contributed by atoms with van der Waals surface area (Å²) in [6.07, 6.45) is 2.13. The monoisotopic (exact) mass is 462 g/mol. The summed E-state index contributed by atoms with van der Waals surface area (Å²) in [5.41, 5.74) is 0.620. The number of methoxy groups -OCH3 is 2. The molecule has 0 unspecified atom stereocenters. The Labute approximate surface area is 185 Å². The highest BCUT2D eigenvalue weighted by Crippen LogP contribution is 2.35. The largest absolute Gasteiger partial charge is 0.504 e. The summed E-state index contributed by atoms with van der Waals surface area (Å²) < 4.78 is 39.5. The quantitative estimate of drug-likeness (QED) is 0.475. The van der Waals surface area contributed by atoms with E-state index in [-0.39, 0.29) is 34.0 Å². The van der Waals surface area contributed by atoms with Gasteiger partial charge in [0.25, 0.3) is 15.9 Å². The van der Waals surface area contributed by atoms with Gasteiger partial charge < -0.3 is 14.6 Å². The Morgan fingerprint density at radius 3 is 2.58 bits per heavy atom. The average molecular weight is 463 g/mol. The predicted molar refractivity (Wildman–Crippen MR) is 119 cm³/mol. The SMILES string of the molecule is COCCCN1C(=O)/C(=C/c2ccc(O)c(OC)c2)S/C1=N\S(=O)(=O)c1ccccc1. The number of carbonyl (C=O) groups excluding carboxylic acids is 1. The first-order valence-electron chi connectivity index (χ1n) is 9.33. The van der Waals surface area contributed by atoms with Gasteiger partial charge in [-0.15, -0.1) is 4.40 Å². The second-order valence-corrected chi connectivity index (χ2v) is 9.12. The maximum atomic E-state index is 13.0. The van der Waals surface area contributed by atoms with E-state index >= 15 is 0 Å². The number of rotatable bonds is 8. The van der Waals surface area contributed by atoms with Crippen LogP contribution in [0.5, 0.6) is 11.5 Å². The minimum absolute atomic E-state index is 0.0209. The highest BCUT2D eigenvalue weighted by Gasteiger charge is 2.34. The van der Waals surface area contributed by atoms with Crippen LogP contribution in [0, 0.1) is 0 Å². The molecule has 0 aliphatic carbocycles. The zero-order chi connectivity index (χ0) is 22.4. The Balaban J connectivity index is 1.97. The number of sulfonamides is 1. The third-order valence-electron chi connectivity index (χ3n) is 4.36. The van der Waals surface area contributed by atoms with Gasteiger partial charge in [-0.05, 0) is 54.1 Å². The van der Waals surface area contributed by atoms with Crippen LogP contribution in [0.15, 0.2) is 62.7 Å². The third kappa shape index (κ3) is 5.46. The van der Waals surface area contributed by atoms with Gasteiger partial charge >= 0.3 is 0 Å². The van der Waals surface area contributed by atoms with E-state index in [0.717, 1.165) is 11.8 Å². The summed E-state index contributed by atoms with van der Waals surface area (Å²) in [7, 11) is -0.998. The van der Waals surface area contributed by atoms with E-state index < -0.39 is 10.0 Å². The maximum absolute atomic E-state index is 13.0. The maximum Gasteiger partial charge on any atom is 0.284 e. The topological polar surface area (TPSA) is 106 Å². The van der Waals surface area contributed by atoms with Gasteiger partial charge in [0.05, 0.1) is 16.9 Å². The zero-order valence-corrected chi connectivity index (χ0v) is 18.6. The van der Waals surface area contributed by atoms with Gasteiger partial charge in [-0.3, -0.25) is 9.69 Å². The van der Waals surface area contributed by atoms with Crippen molar-refractivity contribution < 1.29 is 27.8 Å². The molecule has 3 rings (SSSR count). The lowest BCUT2D eigenvalue weighted by Crippen LogP contribution is -2.31. The van der Waals surface area contributed by atoms with E-state index in [1.54, 1.807) is 43.5 Å². The molecule has 2 aromatic rings. The minimum Gasteiger partial charge on any atom is -0.504 e. The van der Waals surface area contributed by atoms with Gasteiger partial charge in [-0.25, -0.2) is 0 Å². The molecule has 1 fully saturated rings. The molecular formula is C21H22N2O6S2. The van der Waals surface area contributed by atoms with Crippen molar-refractivity contribution in [3.8, 4) is 11.5 Å². The lowest BCUT2D eigenvalue weighted by molar-refractivity contribution is -0.122. The van der Waals surface area contributed by atoms with Crippen molar-refractivity contribution in [3.63, 3.8) is 0 Å². The predicted octanol–water partition coefficient (Wildman–Crippen LogP) is 3.10. The van der Waals surface area contributed by atoms with Gasteiger partial charge in [-0.2, -0.15) is 8.42 Å². The van der Waals surface area contributed by atoms with Crippen LogP contribution in [0.1, 0.15) is 12.0 Å². The number of phenolic OH excluding ortho intramolecular Hbond substituents is 1. The van der Waals surface area contributed by atoms with Gasteiger partial charge in [0.2, 0.25) is 0 Å². The number of carbonyl (C=O) groups is 1. The van der Waals surface area contributed by atoms with Crippen molar-refractivity contribution in [1.82, 2.24) is 4.90 Å². The number of hydrogen-bond donors (Lipinski definition) is 1. The Bertz CT molecular complexity index is 1110. The van der Waals surface area contributed by atoms with Crippen molar-refractivity contribution >= 4 is 38.9 Å². The van der Waals surface area contributed by atoms with Crippen LogP contribution in [-0.4, -0.2) is 56.9 Å². The summed E-state index contributed by atoms with van der Waals surface area (Å²) in [5, 5.41) is 9.85. The van der Waals surface area contributed by atoms with Crippen LogP contribution >= 0.6 is 11.8 Å². The van der Waals surface area contributed by atoms with Gasteiger partial charge in [-0.1, -0.05) is 24.3 Å². The van der Waals surface area contributed by atoms with Crippen molar-refractivity contribution in [2.24, 2.45) is 4.40 Å². The summed E-state index contributed by atoms with van der Waals surface area (Å²) in [6, 6.07) is 12.5. The highest BCUT2D eigenvalue weighted by molar-refractivity contribution is 8.19. The number of amides is 1. The van der Waals surface area contributed by atoms with Crippen LogP contribution < -0.4 is 4.74 Å². The fourth-order valence-corrected chi connectivity index (χ4v) is 5.05. The molecule has 1 amide bonds. The number of benzene rings is 2. The molecule has 0 atom stereocenters. The Morgan fingerprint density at radius 2 is 1.90 bits per heavy atom. The van der Waals surface area contributed by atoms with Crippen molar-refractivity contribution in [3.05, 3.63) is 59.0 Å². The minimum atomic E-state index is -3.98. The first-order chi connectivity index (χ1) is 14.9. The lowest BCUT2D eigenvalue weighted by atomic mass is 10.2. The molecule has 1 saturated heterocycles. The van der Waals surface area contributed by atoms with Crippen LogP contribution in [0.2, 0.25) is 0 Å². The summed E-state index contributed by atoms with van der Waals surface area (Å²) in [4.78, 5) is 14.7. The lowest BCUT2D eigenvalue weighted by Gasteiger charge is -2.15. The molecule has 0 saturated carbocycles. The second kappa shape index (κ2) is 9.99. The molecule has 1 aliphatic heterocycles.